The molecule has 3 unspecified atom stereocenters. The van der Waals surface area contributed by atoms with Crippen LogP contribution in [0.25, 0.3) is 0 Å². The molecule has 3 heteroatoms. The molecule has 0 aromatic carbocycles. The highest BCUT2D eigenvalue weighted by Gasteiger charge is 2.62. The van der Waals surface area contributed by atoms with Crippen molar-refractivity contribution in [2.45, 2.75) is 96.3 Å². The summed E-state index contributed by atoms with van der Waals surface area (Å²) in [4.78, 5) is 2.62. The zero-order valence-electron chi connectivity index (χ0n) is 16.9. The summed E-state index contributed by atoms with van der Waals surface area (Å²) in [6.07, 6.45) is 12.2. The van der Waals surface area contributed by atoms with Gasteiger partial charge in [-0.1, -0.05) is 13.8 Å². The van der Waals surface area contributed by atoms with Crippen LogP contribution in [0.1, 0.15) is 78.1 Å². The second kappa shape index (κ2) is 6.19. The lowest BCUT2D eigenvalue weighted by Gasteiger charge is -2.60. The van der Waals surface area contributed by atoms with E-state index < -0.39 is 0 Å². The molecular formula is C23H39NO2. The van der Waals surface area contributed by atoms with Crippen LogP contribution in [-0.4, -0.2) is 46.5 Å². The number of likely N-dealkylation sites (tertiary alicyclic amines) is 1. The zero-order chi connectivity index (χ0) is 18.1. The molecule has 26 heavy (non-hydrogen) atoms. The Morgan fingerprint density at radius 3 is 2.31 bits per heavy atom. The van der Waals surface area contributed by atoms with E-state index >= 15 is 0 Å². The molecule has 5 rings (SSSR count). The third kappa shape index (κ3) is 2.42. The van der Waals surface area contributed by atoms with E-state index in [4.69, 9.17) is 0 Å². The number of hydrogen-bond acceptors (Lipinski definition) is 3. The van der Waals surface area contributed by atoms with Crippen molar-refractivity contribution in [3.05, 3.63) is 0 Å². The predicted octanol–water partition coefficient (Wildman–Crippen LogP) is 3.83. The summed E-state index contributed by atoms with van der Waals surface area (Å²) in [7, 11) is 0. The highest BCUT2D eigenvalue weighted by Crippen LogP contribution is 2.66. The van der Waals surface area contributed by atoms with Gasteiger partial charge in [0, 0.05) is 6.04 Å². The van der Waals surface area contributed by atoms with Gasteiger partial charge in [-0.15, -0.1) is 0 Å². The van der Waals surface area contributed by atoms with E-state index in [9.17, 15) is 10.2 Å². The molecule has 3 nitrogen and oxygen atoms in total. The Hall–Kier alpha value is -0.120. The zero-order valence-corrected chi connectivity index (χ0v) is 16.9. The lowest BCUT2D eigenvalue weighted by molar-refractivity contribution is -0.134. The molecule has 2 N–H and O–H groups in total. The number of aliphatic hydroxyl groups excluding tert-OH is 2. The first kappa shape index (κ1) is 17.9. The fraction of sp³-hybridized carbons (Fsp3) is 1.00. The van der Waals surface area contributed by atoms with Crippen LogP contribution in [0.2, 0.25) is 0 Å². The number of aliphatic hydroxyl groups is 2. The van der Waals surface area contributed by atoms with Crippen molar-refractivity contribution in [1.29, 1.82) is 0 Å². The molecule has 0 radical (unpaired) electrons. The smallest absolute Gasteiger partial charge is 0.0751 e. The third-order valence-electron chi connectivity index (χ3n) is 10.2. The highest BCUT2D eigenvalue weighted by atomic mass is 16.3. The lowest BCUT2D eigenvalue weighted by atomic mass is 9.45. The van der Waals surface area contributed by atoms with Gasteiger partial charge in [0.25, 0.3) is 0 Å². The molecule has 4 saturated carbocycles. The Labute approximate surface area is 159 Å². The quantitative estimate of drug-likeness (QED) is 0.746. The summed E-state index contributed by atoms with van der Waals surface area (Å²) in [6.45, 7) is 7.40. The summed E-state index contributed by atoms with van der Waals surface area (Å²) in [5.41, 5.74) is 0.589. The van der Waals surface area contributed by atoms with Crippen LogP contribution in [0.3, 0.4) is 0 Å². The molecule has 0 aromatic heterocycles. The van der Waals surface area contributed by atoms with Gasteiger partial charge < -0.3 is 10.2 Å². The van der Waals surface area contributed by atoms with Gasteiger partial charge in [-0.3, -0.25) is 4.90 Å². The average molecular weight is 362 g/mol. The maximum atomic E-state index is 11.4. The van der Waals surface area contributed by atoms with Crippen LogP contribution >= 0.6 is 0 Å². The average Bonchev–Trinajstić information content (AvgIpc) is 3.23. The molecule has 1 heterocycles. The molecule has 0 amide bonds. The highest BCUT2D eigenvalue weighted by molar-refractivity contribution is 5.13. The standard InChI is InChI=1S/C23H39NO2/c1-22-9-7-16(25)13-15(22)5-6-17-18(22)8-10-23(2)19(17)14-20(21(23)26)24-11-3-4-12-24/h15-21,25-26H,3-14H2,1-2H3/t15-,16?,17+,18-,19-,20?,21?,22-,23-/m0/s1. The molecule has 5 aliphatic rings. The molecule has 0 aromatic rings. The molecule has 9 atom stereocenters. The second-order valence-electron chi connectivity index (χ2n) is 11.1. The Balaban J connectivity index is 1.41. The van der Waals surface area contributed by atoms with E-state index in [0.717, 1.165) is 30.6 Å². The Kier molecular flexibility index (Phi) is 4.27. The van der Waals surface area contributed by atoms with Crippen molar-refractivity contribution in [3.63, 3.8) is 0 Å². The molecule has 0 bridgehead atoms. The Bertz CT molecular complexity index is 546. The molecule has 1 aliphatic heterocycles. The SMILES string of the molecule is C[C@]12CCC(O)C[C@@H]1CC[C@@H]1[C@@H]2CC[C@]2(C)C(O)C(N3CCCC3)C[C@@H]12. The van der Waals surface area contributed by atoms with Crippen molar-refractivity contribution < 1.29 is 10.2 Å². The van der Waals surface area contributed by atoms with Gasteiger partial charge >= 0.3 is 0 Å². The Morgan fingerprint density at radius 2 is 1.54 bits per heavy atom. The van der Waals surface area contributed by atoms with E-state index in [0.29, 0.717) is 17.4 Å². The number of rotatable bonds is 1. The van der Waals surface area contributed by atoms with E-state index in [1.54, 1.807) is 0 Å². The Morgan fingerprint density at radius 1 is 0.808 bits per heavy atom. The summed E-state index contributed by atoms with van der Waals surface area (Å²) in [5, 5.41) is 21.6. The summed E-state index contributed by atoms with van der Waals surface area (Å²) in [5.74, 6) is 3.09. The first-order valence-electron chi connectivity index (χ1n) is 11.5. The number of fused-ring (bicyclic) bond motifs is 5. The molecule has 4 aliphatic carbocycles. The van der Waals surface area contributed by atoms with E-state index in [1.165, 1.54) is 64.5 Å². The van der Waals surface area contributed by atoms with Gasteiger partial charge in [-0.05, 0) is 112 Å². The van der Waals surface area contributed by atoms with Crippen LogP contribution < -0.4 is 0 Å². The van der Waals surface area contributed by atoms with Gasteiger partial charge in [0.15, 0.2) is 0 Å². The third-order valence-corrected chi connectivity index (χ3v) is 10.2. The minimum atomic E-state index is -0.120. The topological polar surface area (TPSA) is 43.7 Å². The van der Waals surface area contributed by atoms with Gasteiger partial charge in [0.2, 0.25) is 0 Å². The maximum Gasteiger partial charge on any atom is 0.0751 e. The second-order valence-corrected chi connectivity index (χ2v) is 11.1. The normalized spacial score (nSPS) is 57.5. The first-order valence-corrected chi connectivity index (χ1v) is 11.5. The predicted molar refractivity (Wildman–Crippen MR) is 104 cm³/mol. The molecule has 1 saturated heterocycles. The van der Waals surface area contributed by atoms with E-state index in [1.807, 2.05) is 0 Å². The van der Waals surface area contributed by atoms with Crippen LogP contribution in [0, 0.1) is 34.5 Å². The molecular weight excluding hydrogens is 322 g/mol. The van der Waals surface area contributed by atoms with Gasteiger partial charge in [-0.25, -0.2) is 0 Å². The molecule has 5 fully saturated rings. The van der Waals surface area contributed by atoms with Crippen molar-refractivity contribution in [1.82, 2.24) is 4.90 Å². The lowest BCUT2D eigenvalue weighted by Crippen LogP contribution is -2.54. The number of hydrogen-bond donors (Lipinski definition) is 2. The van der Waals surface area contributed by atoms with Gasteiger partial charge in [0.1, 0.15) is 0 Å². The largest absolute Gasteiger partial charge is 0.393 e. The minimum absolute atomic E-state index is 0.0497. The van der Waals surface area contributed by atoms with Crippen molar-refractivity contribution in [2.24, 2.45) is 34.5 Å². The van der Waals surface area contributed by atoms with Crippen LogP contribution in [0.15, 0.2) is 0 Å². The van der Waals surface area contributed by atoms with Crippen molar-refractivity contribution >= 4 is 0 Å². The van der Waals surface area contributed by atoms with E-state index in [2.05, 4.69) is 18.7 Å². The minimum Gasteiger partial charge on any atom is -0.393 e. The van der Waals surface area contributed by atoms with Crippen molar-refractivity contribution in [2.75, 3.05) is 13.1 Å². The van der Waals surface area contributed by atoms with Crippen LogP contribution in [0.5, 0.6) is 0 Å². The van der Waals surface area contributed by atoms with E-state index in [-0.39, 0.29) is 17.6 Å². The maximum absolute atomic E-state index is 11.4. The van der Waals surface area contributed by atoms with Gasteiger partial charge in [0.05, 0.1) is 12.2 Å². The summed E-state index contributed by atoms with van der Waals surface area (Å²) in [6, 6.07) is 0.421. The summed E-state index contributed by atoms with van der Waals surface area (Å²) < 4.78 is 0. The fourth-order valence-electron chi connectivity index (χ4n) is 8.65. The fourth-order valence-corrected chi connectivity index (χ4v) is 8.65. The van der Waals surface area contributed by atoms with Crippen molar-refractivity contribution in [3.8, 4) is 0 Å². The first-order chi connectivity index (χ1) is 12.4. The summed E-state index contributed by atoms with van der Waals surface area (Å²) >= 11 is 0. The molecule has 0 spiro atoms. The van der Waals surface area contributed by atoms with Crippen LogP contribution in [0.4, 0.5) is 0 Å². The monoisotopic (exact) mass is 361 g/mol. The number of nitrogens with zero attached hydrogens (tertiary/aromatic N) is 1. The molecule has 148 valence electrons. The van der Waals surface area contributed by atoms with Crippen LogP contribution in [-0.2, 0) is 0 Å². The van der Waals surface area contributed by atoms with Gasteiger partial charge in [-0.2, -0.15) is 0 Å².